The number of carbonyl (C=O) groups is 1. The summed E-state index contributed by atoms with van der Waals surface area (Å²) in [7, 11) is 3.32. The second-order valence-electron chi connectivity index (χ2n) is 7.08. The molecule has 1 aliphatic rings. The van der Waals surface area contributed by atoms with Crippen LogP contribution in [0.3, 0.4) is 0 Å². The molecule has 0 radical (unpaired) electrons. The Balaban J connectivity index is 2.03. The molecule has 0 spiro atoms. The molecule has 1 amide bonds. The number of amides is 1. The van der Waals surface area contributed by atoms with Crippen molar-refractivity contribution >= 4 is 17.6 Å². The summed E-state index contributed by atoms with van der Waals surface area (Å²) < 4.78 is 11.1. The van der Waals surface area contributed by atoms with Crippen molar-refractivity contribution in [1.82, 2.24) is 4.90 Å². The van der Waals surface area contributed by atoms with E-state index in [2.05, 4.69) is 6.92 Å². The Labute approximate surface area is 173 Å². The lowest BCUT2D eigenvalue weighted by Crippen LogP contribution is -2.25. The Morgan fingerprint density at radius 1 is 0.897 bits per heavy atom. The maximum absolute atomic E-state index is 12.9. The number of para-hydroxylation sites is 2. The maximum Gasteiger partial charge on any atom is 0.251 e. The zero-order valence-corrected chi connectivity index (χ0v) is 17.5. The van der Waals surface area contributed by atoms with Gasteiger partial charge in [-0.1, -0.05) is 62.6 Å². The first-order valence-corrected chi connectivity index (χ1v) is 10.2. The Kier molecular flexibility index (Phi) is 7.12. The summed E-state index contributed by atoms with van der Waals surface area (Å²) >= 11 is 0. The minimum atomic E-state index is 0.0172. The lowest BCUT2D eigenvalue weighted by Gasteiger charge is -2.21. The molecule has 0 aromatic heterocycles. The van der Waals surface area contributed by atoms with E-state index >= 15 is 0 Å². The van der Waals surface area contributed by atoms with Crippen molar-refractivity contribution < 1.29 is 14.3 Å². The summed E-state index contributed by atoms with van der Waals surface area (Å²) in [6.07, 6.45) is 8.21. The van der Waals surface area contributed by atoms with Crippen LogP contribution in [0.2, 0.25) is 0 Å². The van der Waals surface area contributed by atoms with Gasteiger partial charge in [-0.15, -0.1) is 0 Å². The largest absolute Gasteiger partial charge is 0.496 e. The molecule has 0 unspecified atom stereocenters. The Bertz CT molecular complexity index is 914. The molecule has 1 aliphatic heterocycles. The van der Waals surface area contributed by atoms with Gasteiger partial charge in [-0.2, -0.15) is 0 Å². The first-order chi connectivity index (χ1) is 14.2. The van der Waals surface area contributed by atoms with Crippen molar-refractivity contribution in [1.29, 1.82) is 0 Å². The molecule has 2 aromatic rings. The second kappa shape index (κ2) is 9.97. The number of methoxy groups -OCH3 is 2. The average Bonchev–Trinajstić information content (AvgIpc) is 3.06. The number of ether oxygens (including phenoxy) is 2. The van der Waals surface area contributed by atoms with Crippen LogP contribution in [0.25, 0.3) is 11.6 Å². The molecule has 0 N–H and O–H groups in total. The van der Waals surface area contributed by atoms with Gasteiger partial charge in [0.15, 0.2) is 0 Å². The third-order valence-electron chi connectivity index (χ3n) is 5.16. The summed E-state index contributed by atoms with van der Waals surface area (Å²) in [4.78, 5) is 14.8. The van der Waals surface area contributed by atoms with Gasteiger partial charge >= 0.3 is 0 Å². The molecule has 29 heavy (non-hydrogen) atoms. The number of unbranched alkanes of at least 4 members (excludes halogenated alkanes) is 3. The highest BCUT2D eigenvalue weighted by Crippen LogP contribution is 2.38. The van der Waals surface area contributed by atoms with Gasteiger partial charge in [-0.05, 0) is 24.6 Å². The van der Waals surface area contributed by atoms with E-state index in [0.717, 1.165) is 46.7 Å². The van der Waals surface area contributed by atoms with Crippen LogP contribution in [0.15, 0.2) is 60.3 Å². The molecule has 152 valence electrons. The van der Waals surface area contributed by atoms with Gasteiger partial charge in [0.2, 0.25) is 0 Å². The molecule has 2 aromatic carbocycles. The van der Waals surface area contributed by atoms with Crippen LogP contribution in [0.1, 0.15) is 43.7 Å². The van der Waals surface area contributed by atoms with Crippen molar-refractivity contribution in [2.75, 3.05) is 20.8 Å². The standard InChI is InChI=1S/C25H29NO3/c1-4-5-6-11-16-26-22(17-19-12-7-9-14-23(19)28-2)21(18-25(26)27)20-13-8-10-15-24(20)29-3/h7-10,12-15,17-18H,4-6,11,16H2,1-3H3/b22-17-. The molecule has 1 heterocycles. The van der Waals surface area contributed by atoms with Crippen molar-refractivity contribution in [3.8, 4) is 11.5 Å². The van der Waals surface area contributed by atoms with Gasteiger partial charge in [-0.25, -0.2) is 0 Å². The molecular weight excluding hydrogens is 362 g/mol. The summed E-state index contributed by atoms with van der Waals surface area (Å²) in [6.45, 7) is 2.89. The number of hydrogen-bond acceptors (Lipinski definition) is 3. The van der Waals surface area contributed by atoms with E-state index in [4.69, 9.17) is 9.47 Å². The Hall–Kier alpha value is -3.01. The van der Waals surface area contributed by atoms with Gasteiger partial charge in [-0.3, -0.25) is 4.79 Å². The normalized spacial score (nSPS) is 15.0. The lowest BCUT2D eigenvalue weighted by atomic mass is 10.0. The molecule has 3 rings (SSSR count). The van der Waals surface area contributed by atoms with Crippen LogP contribution < -0.4 is 9.47 Å². The fourth-order valence-electron chi connectivity index (χ4n) is 3.64. The summed E-state index contributed by atoms with van der Waals surface area (Å²) in [5, 5.41) is 0. The van der Waals surface area contributed by atoms with E-state index in [9.17, 15) is 4.79 Å². The molecule has 4 nitrogen and oxygen atoms in total. The average molecular weight is 392 g/mol. The lowest BCUT2D eigenvalue weighted by molar-refractivity contribution is -0.123. The van der Waals surface area contributed by atoms with Crippen LogP contribution >= 0.6 is 0 Å². The molecule has 4 heteroatoms. The van der Waals surface area contributed by atoms with Crippen LogP contribution in [0, 0.1) is 0 Å². The SMILES string of the molecule is CCCCCCN1C(=O)C=C(c2ccccc2OC)/C1=C/c1ccccc1OC. The zero-order valence-electron chi connectivity index (χ0n) is 17.5. The summed E-state index contributed by atoms with van der Waals surface area (Å²) in [5.41, 5.74) is 3.63. The highest BCUT2D eigenvalue weighted by Gasteiger charge is 2.29. The first kappa shape index (κ1) is 20.7. The first-order valence-electron chi connectivity index (χ1n) is 10.2. The van der Waals surface area contributed by atoms with Gasteiger partial charge in [0, 0.05) is 29.3 Å². The minimum absolute atomic E-state index is 0.0172. The zero-order chi connectivity index (χ0) is 20.6. The van der Waals surface area contributed by atoms with E-state index in [1.165, 1.54) is 12.8 Å². The molecule has 0 saturated heterocycles. The van der Waals surface area contributed by atoms with Crippen molar-refractivity contribution in [2.45, 2.75) is 32.6 Å². The number of benzene rings is 2. The van der Waals surface area contributed by atoms with Crippen LogP contribution in [-0.4, -0.2) is 31.6 Å². The molecular formula is C25H29NO3. The molecule has 0 atom stereocenters. The van der Waals surface area contributed by atoms with Gasteiger partial charge in [0.25, 0.3) is 5.91 Å². The monoisotopic (exact) mass is 391 g/mol. The van der Waals surface area contributed by atoms with Gasteiger partial charge < -0.3 is 14.4 Å². The van der Waals surface area contributed by atoms with Crippen molar-refractivity contribution in [2.24, 2.45) is 0 Å². The number of hydrogen-bond donors (Lipinski definition) is 0. The Morgan fingerprint density at radius 3 is 2.31 bits per heavy atom. The summed E-state index contributed by atoms with van der Waals surface area (Å²) in [6, 6.07) is 15.7. The number of nitrogens with zero attached hydrogens (tertiary/aromatic N) is 1. The summed E-state index contributed by atoms with van der Waals surface area (Å²) in [5.74, 6) is 1.55. The Morgan fingerprint density at radius 2 is 1.59 bits per heavy atom. The van der Waals surface area contributed by atoms with Gasteiger partial charge in [0.05, 0.1) is 19.9 Å². The number of carbonyl (C=O) groups excluding carboxylic acids is 1. The van der Waals surface area contributed by atoms with E-state index in [1.807, 2.05) is 59.5 Å². The topological polar surface area (TPSA) is 38.8 Å². The minimum Gasteiger partial charge on any atom is -0.496 e. The highest BCUT2D eigenvalue weighted by molar-refractivity contribution is 6.09. The van der Waals surface area contributed by atoms with Gasteiger partial charge in [0.1, 0.15) is 11.5 Å². The second-order valence-corrected chi connectivity index (χ2v) is 7.08. The van der Waals surface area contributed by atoms with Crippen molar-refractivity contribution in [3.05, 3.63) is 71.4 Å². The van der Waals surface area contributed by atoms with E-state index in [-0.39, 0.29) is 5.91 Å². The number of allylic oxidation sites excluding steroid dienone is 1. The predicted octanol–water partition coefficient (Wildman–Crippen LogP) is 5.55. The van der Waals surface area contributed by atoms with E-state index in [0.29, 0.717) is 6.54 Å². The third kappa shape index (κ3) is 4.70. The fourth-order valence-corrected chi connectivity index (χ4v) is 3.64. The van der Waals surface area contributed by atoms with Crippen LogP contribution in [0.4, 0.5) is 0 Å². The number of rotatable bonds is 9. The highest BCUT2D eigenvalue weighted by atomic mass is 16.5. The molecule has 0 saturated carbocycles. The van der Waals surface area contributed by atoms with E-state index < -0.39 is 0 Å². The molecule has 0 bridgehead atoms. The smallest absolute Gasteiger partial charge is 0.251 e. The third-order valence-corrected chi connectivity index (χ3v) is 5.16. The maximum atomic E-state index is 12.9. The molecule has 0 aliphatic carbocycles. The van der Waals surface area contributed by atoms with E-state index in [1.54, 1.807) is 20.3 Å². The molecule has 0 fully saturated rings. The van der Waals surface area contributed by atoms with Crippen molar-refractivity contribution in [3.63, 3.8) is 0 Å². The van der Waals surface area contributed by atoms with Crippen LogP contribution in [-0.2, 0) is 4.79 Å². The van der Waals surface area contributed by atoms with Crippen LogP contribution in [0.5, 0.6) is 11.5 Å². The predicted molar refractivity (Wildman–Crippen MR) is 118 cm³/mol. The quantitative estimate of drug-likeness (QED) is 0.526. The fraction of sp³-hybridized carbons (Fsp3) is 0.320.